The van der Waals surface area contributed by atoms with Gasteiger partial charge >= 0.3 is 0 Å². The Kier molecular flexibility index (Phi) is 4.14. The minimum Gasteiger partial charge on any atom is -0.207 e. The van der Waals surface area contributed by atoms with Gasteiger partial charge in [-0.1, -0.05) is 22.4 Å². The Morgan fingerprint density at radius 2 is 1.61 bits per heavy atom. The second kappa shape index (κ2) is 5.31. The highest BCUT2D eigenvalue weighted by Crippen LogP contribution is 2.29. The quantitative estimate of drug-likeness (QED) is 0.832. The fourth-order valence-electron chi connectivity index (χ4n) is 2.60. The van der Waals surface area contributed by atoms with E-state index < -0.39 is 10.0 Å². The van der Waals surface area contributed by atoms with Crippen molar-refractivity contribution < 1.29 is 8.42 Å². The zero-order chi connectivity index (χ0) is 13.3. The van der Waals surface area contributed by atoms with E-state index in [1.54, 1.807) is 28.6 Å². The van der Waals surface area contributed by atoms with Crippen LogP contribution in [0.2, 0.25) is 0 Å². The van der Waals surface area contributed by atoms with E-state index in [0.717, 1.165) is 23.7 Å². The van der Waals surface area contributed by atoms with Crippen LogP contribution in [0.1, 0.15) is 33.1 Å². The SMILES string of the molecule is CC1CCCC(C)N1S(=O)(=O)c1ccc(Br)cc1. The highest BCUT2D eigenvalue weighted by molar-refractivity contribution is 9.10. The molecule has 1 saturated heterocycles. The maximum atomic E-state index is 12.6. The summed E-state index contributed by atoms with van der Waals surface area (Å²) in [6, 6.07) is 7.03. The fourth-order valence-corrected chi connectivity index (χ4v) is 4.75. The van der Waals surface area contributed by atoms with Crippen molar-refractivity contribution in [3.8, 4) is 0 Å². The van der Waals surface area contributed by atoms with E-state index in [4.69, 9.17) is 0 Å². The van der Waals surface area contributed by atoms with Gasteiger partial charge in [-0.2, -0.15) is 4.31 Å². The van der Waals surface area contributed by atoms with E-state index in [1.165, 1.54) is 0 Å². The van der Waals surface area contributed by atoms with E-state index >= 15 is 0 Å². The van der Waals surface area contributed by atoms with Gasteiger partial charge in [0.05, 0.1) is 4.90 Å². The summed E-state index contributed by atoms with van der Waals surface area (Å²) in [5, 5.41) is 0. The molecule has 0 N–H and O–H groups in total. The van der Waals surface area contributed by atoms with Crippen LogP contribution in [0, 0.1) is 0 Å². The summed E-state index contributed by atoms with van der Waals surface area (Å²) in [7, 11) is -3.36. The number of sulfonamides is 1. The van der Waals surface area contributed by atoms with Gasteiger partial charge in [-0.05, 0) is 51.0 Å². The summed E-state index contributed by atoms with van der Waals surface area (Å²) >= 11 is 3.32. The monoisotopic (exact) mass is 331 g/mol. The van der Waals surface area contributed by atoms with Crippen molar-refractivity contribution in [2.24, 2.45) is 0 Å². The first-order valence-electron chi connectivity index (χ1n) is 6.22. The molecule has 1 heterocycles. The first-order chi connectivity index (χ1) is 8.43. The third-order valence-corrected chi connectivity index (χ3v) is 6.17. The van der Waals surface area contributed by atoms with Gasteiger partial charge in [0.2, 0.25) is 10.0 Å². The Hall–Kier alpha value is -0.390. The summed E-state index contributed by atoms with van der Waals surface area (Å²) in [4.78, 5) is 0.381. The average Bonchev–Trinajstić information content (AvgIpc) is 2.29. The number of hydrogen-bond acceptors (Lipinski definition) is 2. The third-order valence-electron chi connectivity index (χ3n) is 3.50. The van der Waals surface area contributed by atoms with Crippen molar-refractivity contribution in [2.75, 3.05) is 0 Å². The van der Waals surface area contributed by atoms with Crippen molar-refractivity contribution >= 4 is 26.0 Å². The van der Waals surface area contributed by atoms with Crippen LogP contribution < -0.4 is 0 Å². The van der Waals surface area contributed by atoms with E-state index in [0.29, 0.717) is 4.90 Å². The molecule has 100 valence electrons. The third kappa shape index (κ3) is 2.63. The number of hydrogen-bond donors (Lipinski definition) is 0. The molecule has 0 spiro atoms. The van der Waals surface area contributed by atoms with Crippen molar-refractivity contribution in [1.82, 2.24) is 4.31 Å². The van der Waals surface area contributed by atoms with E-state index in [-0.39, 0.29) is 12.1 Å². The minimum atomic E-state index is -3.36. The highest BCUT2D eigenvalue weighted by atomic mass is 79.9. The predicted octanol–water partition coefficient (Wildman–Crippen LogP) is 3.40. The maximum absolute atomic E-state index is 12.6. The van der Waals surface area contributed by atoms with Crippen molar-refractivity contribution in [1.29, 1.82) is 0 Å². The molecule has 1 fully saturated rings. The van der Waals surface area contributed by atoms with E-state index in [2.05, 4.69) is 15.9 Å². The second-order valence-electron chi connectivity index (χ2n) is 4.92. The van der Waals surface area contributed by atoms with Gasteiger partial charge < -0.3 is 0 Å². The highest BCUT2D eigenvalue weighted by Gasteiger charge is 2.35. The topological polar surface area (TPSA) is 37.4 Å². The first kappa shape index (κ1) is 14.0. The molecule has 0 amide bonds. The fraction of sp³-hybridized carbons (Fsp3) is 0.538. The summed E-state index contributed by atoms with van der Waals surface area (Å²) in [6.07, 6.45) is 2.99. The minimum absolute atomic E-state index is 0.0856. The molecular formula is C13H18BrNO2S. The lowest BCUT2D eigenvalue weighted by atomic mass is 10.0. The van der Waals surface area contributed by atoms with Gasteiger partial charge in [0.15, 0.2) is 0 Å². The van der Waals surface area contributed by atoms with Gasteiger partial charge in [-0.15, -0.1) is 0 Å². The Morgan fingerprint density at radius 1 is 1.11 bits per heavy atom. The molecule has 1 aliphatic rings. The molecule has 0 saturated carbocycles. The lowest BCUT2D eigenvalue weighted by Crippen LogP contribution is -2.47. The van der Waals surface area contributed by atoms with Crippen LogP contribution in [0.15, 0.2) is 33.6 Å². The standard InChI is InChI=1S/C13H18BrNO2S/c1-10-4-3-5-11(2)15(10)18(16,17)13-8-6-12(14)7-9-13/h6-11H,3-5H2,1-2H3. The summed E-state index contributed by atoms with van der Waals surface area (Å²) in [6.45, 7) is 3.98. The molecule has 0 bridgehead atoms. The molecule has 1 aliphatic heterocycles. The maximum Gasteiger partial charge on any atom is 0.243 e. The zero-order valence-electron chi connectivity index (χ0n) is 10.6. The molecule has 1 aromatic rings. The van der Waals surface area contributed by atoms with E-state index in [9.17, 15) is 8.42 Å². The first-order valence-corrected chi connectivity index (χ1v) is 8.45. The lowest BCUT2D eigenvalue weighted by Gasteiger charge is -2.37. The second-order valence-corrected chi connectivity index (χ2v) is 7.68. The Labute approximate surface area is 117 Å². The zero-order valence-corrected chi connectivity index (χ0v) is 13.0. The largest absolute Gasteiger partial charge is 0.243 e. The van der Waals surface area contributed by atoms with Gasteiger partial charge in [-0.25, -0.2) is 8.42 Å². The average molecular weight is 332 g/mol. The van der Waals surface area contributed by atoms with Crippen molar-refractivity contribution in [3.63, 3.8) is 0 Å². The van der Waals surface area contributed by atoms with Crippen LogP contribution >= 0.6 is 15.9 Å². The Bertz CT molecular complexity index is 502. The molecule has 3 nitrogen and oxygen atoms in total. The van der Waals surface area contributed by atoms with Gasteiger partial charge in [0.25, 0.3) is 0 Å². The van der Waals surface area contributed by atoms with Crippen LogP contribution in [-0.4, -0.2) is 24.8 Å². The molecule has 18 heavy (non-hydrogen) atoms. The molecule has 0 aromatic heterocycles. The van der Waals surface area contributed by atoms with Gasteiger partial charge in [-0.3, -0.25) is 0 Å². The lowest BCUT2D eigenvalue weighted by molar-refractivity contribution is 0.204. The van der Waals surface area contributed by atoms with Crippen LogP contribution in [-0.2, 0) is 10.0 Å². The molecule has 2 atom stereocenters. The normalized spacial score (nSPS) is 26.2. The predicted molar refractivity (Wildman–Crippen MR) is 75.9 cm³/mol. The smallest absolute Gasteiger partial charge is 0.207 e. The summed E-state index contributed by atoms with van der Waals surface area (Å²) in [5.74, 6) is 0. The number of rotatable bonds is 2. The number of piperidine rings is 1. The Balaban J connectivity index is 2.38. The summed E-state index contributed by atoms with van der Waals surface area (Å²) < 4.78 is 27.8. The van der Waals surface area contributed by atoms with E-state index in [1.807, 2.05) is 13.8 Å². The molecule has 1 aromatic carbocycles. The van der Waals surface area contributed by atoms with Crippen LogP contribution in [0.3, 0.4) is 0 Å². The molecular weight excluding hydrogens is 314 g/mol. The van der Waals surface area contributed by atoms with Crippen molar-refractivity contribution in [3.05, 3.63) is 28.7 Å². The number of benzene rings is 1. The molecule has 0 aliphatic carbocycles. The van der Waals surface area contributed by atoms with Gasteiger partial charge in [0, 0.05) is 16.6 Å². The van der Waals surface area contributed by atoms with Crippen molar-refractivity contribution in [2.45, 2.75) is 50.1 Å². The summed E-state index contributed by atoms with van der Waals surface area (Å²) in [5.41, 5.74) is 0. The molecule has 0 radical (unpaired) electrons. The van der Waals surface area contributed by atoms with Crippen LogP contribution in [0.4, 0.5) is 0 Å². The molecule has 5 heteroatoms. The molecule has 2 unspecified atom stereocenters. The van der Waals surface area contributed by atoms with Crippen LogP contribution in [0.25, 0.3) is 0 Å². The number of nitrogens with zero attached hydrogens (tertiary/aromatic N) is 1. The number of halogens is 1. The molecule has 2 rings (SSSR count). The Morgan fingerprint density at radius 3 is 2.11 bits per heavy atom. The van der Waals surface area contributed by atoms with Crippen LogP contribution in [0.5, 0.6) is 0 Å². The van der Waals surface area contributed by atoms with Gasteiger partial charge in [0.1, 0.15) is 0 Å².